The molecule has 1 atom stereocenters. The second-order valence-corrected chi connectivity index (χ2v) is 7.08. The van der Waals surface area contributed by atoms with Gasteiger partial charge in [-0.15, -0.1) is 0 Å². The zero-order valence-electron chi connectivity index (χ0n) is 16.1. The molecule has 1 aromatic heterocycles. The van der Waals surface area contributed by atoms with Crippen molar-refractivity contribution in [1.29, 1.82) is 0 Å². The van der Waals surface area contributed by atoms with Crippen LogP contribution in [0.25, 0.3) is 5.69 Å². The number of carbonyl (C=O) groups excluding carboxylic acids is 2. The molecule has 0 aliphatic heterocycles. The summed E-state index contributed by atoms with van der Waals surface area (Å²) in [5, 5.41) is 7.41. The van der Waals surface area contributed by atoms with E-state index in [9.17, 15) is 9.59 Å². The van der Waals surface area contributed by atoms with Gasteiger partial charge in [0.05, 0.1) is 24.3 Å². The van der Waals surface area contributed by atoms with Crippen LogP contribution in [0.2, 0.25) is 5.02 Å². The van der Waals surface area contributed by atoms with E-state index in [2.05, 4.69) is 15.4 Å². The number of hydrogen-bond donors (Lipinski definition) is 1. The van der Waals surface area contributed by atoms with Gasteiger partial charge in [-0.1, -0.05) is 29.8 Å². The average molecular weight is 413 g/mol. The summed E-state index contributed by atoms with van der Waals surface area (Å²) >= 11 is 6.30. The molecule has 3 aromatic rings. The molecule has 150 valence electrons. The number of amides is 1. The molecule has 7 nitrogen and oxygen atoms in total. The van der Waals surface area contributed by atoms with E-state index < -0.39 is 12.0 Å². The van der Waals surface area contributed by atoms with Crippen molar-refractivity contribution in [2.24, 2.45) is 0 Å². The van der Waals surface area contributed by atoms with Gasteiger partial charge < -0.3 is 10.1 Å². The molecule has 0 bridgehead atoms. The number of rotatable bonds is 7. The molecule has 0 spiro atoms. The average Bonchev–Trinajstić information content (AvgIpc) is 3.22. The van der Waals surface area contributed by atoms with E-state index >= 15 is 0 Å². The van der Waals surface area contributed by atoms with Crippen molar-refractivity contribution in [1.82, 2.24) is 20.1 Å². The molecule has 0 radical (unpaired) electrons. The van der Waals surface area contributed by atoms with Crippen molar-refractivity contribution in [3.8, 4) is 5.69 Å². The molecule has 1 heterocycles. The monoisotopic (exact) mass is 412 g/mol. The number of carbonyl (C=O) groups is 2. The smallest absolute Gasteiger partial charge is 0.308 e. The van der Waals surface area contributed by atoms with Gasteiger partial charge >= 0.3 is 5.97 Å². The first-order valence-corrected chi connectivity index (χ1v) is 9.51. The number of halogens is 1. The first-order chi connectivity index (χ1) is 13.9. The fourth-order valence-corrected chi connectivity index (χ4v) is 3.09. The van der Waals surface area contributed by atoms with Crippen LogP contribution in [0.3, 0.4) is 0 Å². The van der Waals surface area contributed by atoms with Crippen LogP contribution in [0.15, 0.2) is 61.2 Å². The summed E-state index contributed by atoms with van der Waals surface area (Å²) < 4.78 is 6.83. The topological polar surface area (TPSA) is 86.1 Å². The van der Waals surface area contributed by atoms with Gasteiger partial charge in [-0.3, -0.25) is 9.59 Å². The third kappa shape index (κ3) is 5.42. The molecule has 0 saturated heterocycles. The Morgan fingerprint density at radius 2 is 1.86 bits per heavy atom. The Morgan fingerprint density at radius 1 is 1.14 bits per heavy atom. The standard InChI is InChI=1S/C21H21ClN4O3/c1-14(2)29-20(27)11-19(17-5-3-4-6-18(17)22)25-21(28)15-7-9-16(10-8-15)26-13-23-12-24-26/h3-10,12-14,19H,11H2,1-2H3,(H,25,28). The lowest BCUT2D eigenvalue weighted by molar-refractivity contribution is -0.147. The van der Waals surface area contributed by atoms with Crippen LogP contribution in [0.5, 0.6) is 0 Å². The summed E-state index contributed by atoms with van der Waals surface area (Å²) in [5.74, 6) is -0.732. The molecule has 0 saturated carbocycles. The molecule has 8 heteroatoms. The number of nitrogens with zero attached hydrogens (tertiary/aromatic N) is 3. The highest BCUT2D eigenvalue weighted by atomic mass is 35.5. The highest BCUT2D eigenvalue weighted by Crippen LogP contribution is 2.26. The summed E-state index contributed by atoms with van der Waals surface area (Å²) in [5.41, 5.74) is 1.88. The molecule has 3 rings (SSSR count). The van der Waals surface area contributed by atoms with Gasteiger partial charge in [0.2, 0.25) is 0 Å². The van der Waals surface area contributed by atoms with Crippen molar-refractivity contribution in [2.45, 2.75) is 32.4 Å². The maximum atomic E-state index is 12.8. The molecule has 0 aliphatic rings. The fourth-order valence-electron chi connectivity index (χ4n) is 2.82. The minimum Gasteiger partial charge on any atom is -0.463 e. The number of nitrogens with one attached hydrogen (secondary N) is 1. The maximum absolute atomic E-state index is 12.8. The summed E-state index contributed by atoms with van der Waals surface area (Å²) in [6.07, 6.45) is 2.74. The van der Waals surface area contributed by atoms with Gasteiger partial charge in [0.1, 0.15) is 12.7 Å². The minimum atomic E-state index is -0.613. The van der Waals surface area contributed by atoms with E-state index in [0.717, 1.165) is 5.69 Å². The van der Waals surface area contributed by atoms with Gasteiger partial charge in [0.15, 0.2) is 0 Å². The third-order valence-electron chi connectivity index (χ3n) is 4.14. The van der Waals surface area contributed by atoms with E-state index in [-0.39, 0.29) is 18.4 Å². The minimum absolute atomic E-state index is 0.0231. The highest BCUT2D eigenvalue weighted by molar-refractivity contribution is 6.31. The summed E-state index contributed by atoms with van der Waals surface area (Å²) in [7, 11) is 0. The van der Waals surface area contributed by atoms with Crippen LogP contribution in [-0.4, -0.2) is 32.7 Å². The lowest BCUT2D eigenvalue weighted by Crippen LogP contribution is -2.31. The molecule has 1 amide bonds. The molecule has 0 fully saturated rings. The number of aromatic nitrogens is 3. The van der Waals surface area contributed by atoms with Gasteiger partial charge in [0.25, 0.3) is 5.91 Å². The Balaban J connectivity index is 1.78. The zero-order valence-corrected chi connectivity index (χ0v) is 16.8. The van der Waals surface area contributed by atoms with Gasteiger partial charge in [0, 0.05) is 10.6 Å². The van der Waals surface area contributed by atoms with Crippen LogP contribution in [0, 0.1) is 0 Å². The highest BCUT2D eigenvalue weighted by Gasteiger charge is 2.22. The van der Waals surface area contributed by atoms with Crippen LogP contribution in [0.1, 0.15) is 42.2 Å². The molecule has 29 heavy (non-hydrogen) atoms. The van der Waals surface area contributed by atoms with Crippen molar-refractivity contribution in [3.05, 3.63) is 77.3 Å². The predicted molar refractivity (Wildman–Crippen MR) is 109 cm³/mol. The third-order valence-corrected chi connectivity index (χ3v) is 4.48. The largest absolute Gasteiger partial charge is 0.463 e. The van der Waals surface area contributed by atoms with E-state index in [0.29, 0.717) is 16.1 Å². The van der Waals surface area contributed by atoms with Crippen LogP contribution in [-0.2, 0) is 9.53 Å². The van der Waals surface area contributed by atoms with Crippen LogP contribution < -0.4 is 5.32 Å². The first kappa shape index (κ1) is 20.5. The quantitative estimate of drug-likeness (QED) is 0.597. The molecule has 2 aromatic carbocycles. The summed E-state index contributed by atoms with van der Waals surface area (Å²) in [6.45, 7) is 3.55. The summed E-state index contributed by atoms with van der Waals surface area (Å²) in [4.78, 5) is 28.9. The SMILES string of the molecule is CC(C)OC(=O)CC(NC(=O)c1ccc(-n2cncn2)cc1)c1ccccc1Cl. The second-order valence-electron chi connectivity index (χ2n) is 6.68. The number of esters is 1. The Morgan fingerprint density at radius 3 is 2.48 bits per heavy atom. The zero-order chi connectivity index (χ0) is 20.8. The van der Waals surface area contributed by atoms with Crippen molar-refractivity contribution >= 4 is 23.5 Å². The summed E-state index contributed by atoms with van der Waals surface area (Å²) in [6, 6.07) is 13.4. The molecule has 1 N–H and O–H groups in total. The van der Waals surface area contributed by atoms with Gasteiger partial charge in [-0.2, -0.15) is 5.10 Å². The maximum Gasteiger partial charge on any atom is 0.308 e. The van der Waals surface area contributed by atoms with E-state index in [1.54, 1.807) is 73.4 Å². The Hall–Kier alpha value is -3.19. The predicted octanol–water partition coefficient (Wildman–Crippen LogP) is 3.73. The number of benzene rings is 2. The van der Waals surface area contributed by atoms with Gasteiger partial charge in [-0.05, 0) is 49.7 Å². The lowest BCUT2D eigenvalue weighted by Gasteiger charge is -2.20. The van der Waals surface area contributed by atoms with Crippen molar-refractivity contribution < 1.29 is 14.3 Å². The van der Waals surface area contributed by atoms with Gasteiger partial charge in [-0.25, -0.2) is 9.67 Å². The lowest BCUT2D eigenvalue weighted by atomic mass is 10.0. The number of ether oxygens (including phenoxy) is 1. The molecular formula is C21H21ClN4O3. The first-order valence-electron chi connectivity index (χ1n) is 9.14. The van der Waals surface area contributed by atoms with Crippen molar-refractivity contribution in [3.63, 3.8) is 0 Å². The van der Waals surface area contributed by atoms with E-state index in [1.807, 2.05) is 0 Å². The normalized spacial score (nSPS) is 11.9. The van der Waals surface area contributed by atoms with Crippen LogP contribution in [0.4, 0.5) is 0 Å². The Bertz CT molecular complexity index is 972. The van der Waals surface area contributed by atoms with Crippen LogP contribution >= 0.6 is 11.6 Å². The fraction of sp³-hybridized carbons (Fsp3) is 0.238. The second kappa shape index (κ2) is 9.34. The van der Waals surface area contributed by atoms with E-state index in [4.69, 9.17) is 16.3 Å². The molecule has 1 unspecified atom stereocenters. The molecular weight excluding hydrogens is 392 g/mol. The Kier molecular flexibility index (Phi) is 6.61. The van der Waals surface area contributed by atoms with Crippen molar-refractivity contribution in [2.75, 3.05) is 0 Å². The number of hydrogen-bond acceptors (Lipinski definition) is 5. The van der Waals surface area contributed by atoms with E-state index in [1.165, 1.54) is 6.33 Å². The Labute approximate surface area is 173 Å². The molecule has 0 aliphatic carbocycles.